The van der Waals surface area contributed by atoms with Crippen molar-refractivity contribution < 1.29 is 0 Å². The van der Waals surface area contributed by atoms with E-state index < -0.39 is 0 Å². The van der Waals surface area contributed by atoms with Gasteiger partial charge in [0.2, 0.25) is 0 Å². The highest BCUT2D eigenvalue weighted by molar-refractivity contribution is 6.21. The molecular formula is C44H30N4. The predicted octanol–water partition coefficient (Wildman–Crippen LogP) is 12.0. The van der Waals surface area contributed by atoms with Crippen LogP contribution in [0.15, 0.2) is 182 Å². The van der Waals surface area contributed by atoms with Gasteiger partial charge in [-0.1, -0.05) is 78.9 Å². The van der Waals surface area contributed by atoms with E-state index in [4.69, 9.17) is 0 Å². The van der Waals surface area contributed by atoms with Crippen LogP contribution < -0.4 is 9.80 Å². The number of hydrogen-bond acceptors (Lipinski definition) is 2. The fraction of sp³-hybridized carbons (Fsp3) is 0. The molecule has 0 saturated heterocycles. The normalized spacial score (nSPS) is 12.5. The quantitative estimate of drug-likeness (QED) is 0.196. The molecule has 0 unspecified atom stereocenters. The topological polar surface area (TPSA) is 16.3 Å². The summed E-state index contributed by atoms with van der Waals surface area (Å²) in [6.45, 7) is 0. The lowest BCUT2D eigenvalue weighted by molar-refractivity contribution is 1.13. The van der Waals surface area contributed by atoms with Gasteiger partial charge in [0.1, 0.15) is 0 Å². The highest BCUT2D eigenvalue weighted by Crippen LogP contribution is 2.54. The molecule has 4 nitrogen and oxygen atoms in total. The number of rotatable bonds is 4. The number of anilines is 6. The number of benzene rings is 7. The van der Waals surface area contributed by atoms with Crippen LogP contribution in [0, 0.1) is 0 Å². The van der Waals surface area contributed by atoms with E-state index in [2.05, 4.69) is 201 Å². The number of fused-ring (bicyclic) bond motifs is 7. The van der Waals surface area contributed by atoms with Gasteiger partial charge in [-0.2, -0.15) is 0 Å². The second kappa shape index (κ2) is 10.5. The van der Waals surface area contributed by atoms with Crippen LogP contribution in [0.5, 0.6) is 0 Å². The number of nitrogens with zero attached hydrogens (tertiary/aromatic N) is 4. The Morgan fingerprint density at radius 2 is 0.750 bits per heavy atom. The van der Waals surface area contributed by atoms with Crippen LogP contribution >= 0.6 is 0 Å². The van der Waals surface area contributed by atoms with Crippen LogP contribution in [-0.2, 0) is 0 Å². The molecule has 0 saturated carbocycles. The molecular weight excluding hydrogens is 585 g/mol. The van der Waals surface area contributed by atoms with Gasteiger partial charge in [0.25, 0.3) is 0 Å². The fourth-order valence-electron chi connectivity index (χ4n) is 7.60. The van der Waals surface area contributed by atoms with Gasteiger partial charge in [-0.05, 0) is 97.1 Å². The molecule has 226 valence electrons. The Bertz CT molecular complexity index is 2570. The van der Waals surface area contributed by atoms with E-state index in [-0.39, 0.29) is 0 Å². The van der Waals surface area contributed by atoms with Gasteiger partial charge in [0, 0.05) is 45.1 Å². The minimum Gasteiger partial charge on any atom is -0.317 e. The van der Waals surface area contributed by atoms with Gasteiger partial charge in [0.05, 0.1) is 39.3 Å². The second-order valence-electron chi connectivity index (χ2n) is 12.3. The van der Waals surface area contributed by atoms with Crippen molar-refractivity contribution in [2.75, 3.05) is 9.80 Å². The van der Waals surface area contributed by atoms with Crippen molar-refractivity contribution in [2.45, 2.75) is 0 Å². The summed E-state index contributed by atoms with van der Waals surface area (Å²) in [5, 5.41) is 3.79. The third kappa shape index (κ3) is 3.90. The average molecular weight is 615 g/mol. The standard InChI is InChI=1S/C44H30N4/c1-3-13-31(14-4-1)45-30-29-36-37(45)27-28-43-44(36)35-17-7-8-18-38(35)46(43)33-23-25-34(26-24-33)48-41-21-11-9-19-39(41)47(32-15-5-2-6-16-32)40-20-10-12-22-42(40)48/h1-30H. The lowest BCUT2D eigenvalue weighted by Crippen LogP contribution is -2.23. The van der Waals surface area contributed by atoms with E-state index in [1.165, 1.54) is 38.4 Å². The first-order valence-electron chi connectivity index (χ1n) is 16.4. The summed E-state index contributed by atoms with van der Waals surface area (Å²) >= 11 is 0. The summed E-state index contributed by atoms with van der Waals surface area (Å²) in [4.78, 5) is 4.75. The largest absolute Gasteiger partial charge is 0.317 e. The second-order valence-corrected chi connectivity index (χ2v) is 12.3. The Morgan fingerprint density at radius 1 is 0.292 bits per heavy atom. The lowest BCUT2D eigenvalue weighted by Gasteiger charge is -2.40. The first kappa shape index (κ1) is 26.7. The molecule has 1 aliphatic heterocycles. The Hall–Kier alpha value is -6.52. The summed E-state index contributed by atoms with van der Waals surface area (Å²) < 4.78 is 4.69. The molecule has 0 bridgehead atoms. The summed E-state index contributed by atoms with van der Waals surface area (Å²) in [5.74, 6) is 0. The Labute approximate surface area is 278 Å². The number of aromatic nitrogens is 2. The molecule has 7 aromatic carbocycles. The molecule has 0 radical (unpaired) electrons. The first-order chi connectivity index (χ1) is 23.8. The van der Waals surface area contributed by atoms with Crippen LogP contribution in [0.3, 0.4) is 0 Å². The number of hydrogen-bond donors (Lipinski definition) is 0. The first-order valence-corrected chi connectivity index (χ1v) is 16.4. The molecule has 48 heavy (non-hydrogen) atoms. The third-order valence-corrected chi connectivity index (χ3v) is 9.65. The zero-order valence-electron chi connectivity index (χ0n) is 26.1. The number of para-hydroxylation sites is 7. The molecule has 1 aliphatic rings. The monoisotopic (exact) mass is 614 g/mol. The van der Waals surface area contributed by atoms with E-state index >= 15 is 0 Å². The highest BCUT2D eigenvalue weighted by Gasteiger charge is 2.30. The maximum absolute atomic E-state index is 2.41. The van der Waals surface area contributed by atoms with E-state index in [0.29, 0.717) is 0 Å². The Balaban J connectivity index is 1.12. The van der Waals surface area contributed by atoms with Gasteiger partial charge in [0.15, 0.2) is 0 Å². The van der Waals surface area contributed by atoms with Crippen molar-refractivity contribution in [3.05, 3.63) is 182 Å². The molecule has 0 amide bonds. The van der Waals surface area contributed by atoms with Gasteiger partial charge in [-0.3, -0.25) is 0 Å². The summed E-state index contributed by atoms with van der Waals surface area (Å²) in [7, 11) is 0. The maximum atomic E-state index is 2.41. The van der Waals surface area contributed by atoms with Crippen molar-refractivity contribution in [3.8, 4) is 11.4 Å². The van der Waals surface area contributed by atoms with Gasteiger partial charge < -0.3 is 18.9 Å². The molecule has 9 aromatic rings. The van der Waals surface area contributed by atoms with Crippen LogP contribution in [0.4, 0.5) is 34.1 Å². The van der Waals surface area contributed by atoms with Gasteiger partial charge in [-0.25, -0.2) is 0 Å². The van der Waals surface area contributed by atoms with Crippen molar-refractivity contribution in [1.82, 2.24) is 9.13 Å². The molecule has 3 heterocycles. The van der Waals surface area contributed by atoms with Crippen LogP contribution in [-0.4, -0.2) is 9.13 Å². The van der Waals surface area contributed by atoms with Crippen LogP contribution in [0.1, 0.15) is 0 Å². The molecule has 0 N–H and O–H groups in total. The van der Waals surface area contributed by atoms with Gasteiger partial charge in [-0.15, -0.1) is 0 Å². The molecule has 2 aromatic heterocycles. The molecule has 0 aliphatic carbocycles. The third-order valence-electron chi connectivity index (χ3n) is 9.65. The minimum atomic E-state index is 1.12. The van der Waals surface area contributed by atoms with E-state index in [1.807, 2.05) is 0 Å². The van der Waals surface area contributed by atoms with E-state index in [9.17, 15) is 0 Å². The molecule has 0 fully saturated rings. The highest BCUT2D eigenvalue weighted by atomic mass is 15.3. The predicted molar refractivity (Wildman–Crippen MR) is 201 cm³/mol. The van der Waals surface area contributed by atoms with Crippen LogP contribution in [0.2, 0.25) is 0 Å². The smallest absolute Gasteiger partial charge is 0.0703 e. The molecule has 0 spiro atoms. The van der Waals surface area contributed by atoms with E-state index in [1.54, 1.807) is 0 Å². The van der Waals surface area contributed by atoms with Crippen molar-refractivity contribution in [3.63, 3.8) is 0 Å². The minimum absolute atomic E-state index is 1.12. The Morgan fingerprint density at radius 3 is 1.38 bits per heavy atom. The molecule has 0 atom stereocenters. The fourth-order valence-corrected chi connectivity index (χ4v) is 7.60. The van der Waals surface area contributed by atoms with Crippen molar-refractivity contribution in [1.29, 1.82) is 0 Å². The van der Waals surface area contributed by atoms with Crippen LogP contribution in [0.25, 0.3) is 44.1 Å². The Kier molecular flexibility index (Phi) is 5.84. The lowest BCUT2D eigenvalue weighted by atomic mass is 10.0. The van der Waals surface area contributed by atoms with Gasteiger partial charge >= 0.3 is 0 Å². The average Bonchev–Trinajstić information content (AvgIpc) is 3.74. The van der Waals surface area contributed by atoms with E-state index in [0.717, 1.165) is 39.8 Å². The zero-order valence-corrected chi connectivity index (χ0v) is 26.1. The summed E-state index contributed by atoms with van der Waals surface area (Å²) in [5.41, 5.74) is 12.8. The summed E-state index contributed by atoms with van der Waals surface area (Å²) in [6.07, 6.45) is 2.19. The maximum Gasteiger partial charge on any atom is 0.0703 e. The molecule has 4 heteroatoms. The molecule has 10 rings (SSSR count). The summed E-state index contributed by atoms with van der Waals surface area (Å²) in [6, 6.07) is 63.1. The SMILES string of the molecule is c1ccc(N2c3ccccc3N(c3ccc(-n4c5ccccc5c5c6ccn(-c7ccccc7)c6ccc54)cc3)c3ccccc32)cc1. The zero-order chi connectivity index (χ0) is 31.6. The van der Waals surface area contributed by atoms with Crippen molar-refractivity contribution >= 4 is 66.8 Å². The van der Waals surface area contributed by atoms with Crippen molar-refractivity contribution in [2.24, 2.45) is 0 Å².